The average molecular weight is 387 g/mol. The molecule has 1 aliphatic heterocycles. The van der Waals surface area contributed by atoms with E-state index in [9.17, 15) is 14.7 Å². The van der Waals surface area contributed by atoms with Gasteiger partial charge in [0.25, 0.3) is 5.91 Å². The molecule has 3 rings (SSSR count). The number of anilines is 1. The van der Waals surface area contributed by atoms with Gasteiger partial charge in [-0.2, -0.15) is 0 Å². The van der Waals surface area contributed by atoms with Gasteiger partial charge in [-0.25, -0.2) is 9.80 Å². The van der Waals surface area contributed by atoms with E-state index in [0.717, 1.165) is 11.3 Å². The molecule has 1 saturated heterocycles. The molecule has 1 heterocycles. The Kier molecular flexibility index (Phi) is 5.43. The Morgan fingerprint density at radius 3 is 2.65 bits per heavy atom. The number of aromatic carboxylic acids is 1. The van der Waals surface area contributed by atoms with Crippen molar-refractivity contribution in [1.29, 1.82) is 0 Å². The van der Waals surface area contributed by atoms with Gasteiger partial charge < -0.3 is 10.4 Å². The molecular weight excluding hydrogens is 370 g/mol. The van der Waals surface area contributed by atoms with E-state index in [1.165, 1.54) is 22.8 Å². The first-order valence-corrected chi connectivity index (χ1v) is 9.32. The van der Waals surface area contributed by atoms with Gasteiger partial charge in [-0.3, -0.25) is 10.2 Å². The SMILES string of the molecule is Cc1ccccc1NC(=S)NN1C(=O)CSC1c1ccccc1C(=O)O. The van der Waals surface area contributed by atoms with Gasteiger partial charge in [0.2, 0.25) is 0 Å². The summed E-state index contributed by atoms with van der Waals surface area (Å²) in [5.41, 5.74) is 5.50. The average Bonchev–Trinajstić information content (AvgIpc) is 2.97. The number of hydrogen-bond donors (Lipinski definition) is 3. The fraction of sp³-hybridized carbons (Fsp3) is 0.167. The van der Waals surface area contributed by atoms with Gasteiger partial charge in [0.05, 0.1) is 11.3 Å². The van der Waals surface area contributed by atoms with Crippen molar-refractivity contribution in [2.75, 3.05) is 11.1 Å². The minimum Gasteiger partial charge on any atom is -0.478 e. The molecule has 0 bridgehead atoms. The highest BCUT2D eigenvalue weighted by Gasteiger charge is 2.35. The zero-order chi connectivity index (χ0) is 18.7. The highest BCUT2D eigenvalue weighted by molar-refractivity contribution is 8.00. The van der Waals surface area contributed by atoms with Crippen molar-refractivity contribution in [3.63, 3.8) is 0 Å². The minimum atomic E-state index is -1.03. The van der Waals surface area contributed by atoms with E-state index >= 15 is 0 Å². The minimum absolute atomic E-state index is 0.158. The van der Waals surface area contributed by atoms with Gasteiger partial charge >= 0.3 is 5.97 Å². The smallest absolute Gasteiger partial charge is 0.336 e. The molecule has 0 aromatic heterocycles. The monoisotopic (exact) mass is 387 g/mol. The molecule has 0 aliphatic carbocycles. The zero-order valence-electron chi connectivity index (χ0n) is 13.9. The number of thiocarbonyl (C=S) groups is 1. The van der Waals surface area contributed by atoms with Gasteiger partial charge in [-0.1, -0.05) is 36.4 Å². The summed E-state index contributed by atoms with van der Waals surface area (Å²) >= 11 is 6.69. The molecule has 1 fully saturated rings. The molecule has 3 N–H and O–H groups in total. The van der Waals surface area contributed by atoms with Gasteiger partial charge in [0, 0.05) is 11.3 Å². The molecule has 26 heavy (non-hydrogen) atoms. The molecule has 6 nitrogen and oxygen atoms in total. The molecule has 0 spiro atoms. The third-order valence-corrected chi connectivity index (χ3v) is 5.33. The van der Waals surface area contributed by atoms with Crippen LogP contribution in [-0.4, -0.2) is 32.9 Å². The number of nitrogens with one attached hydrogen (secondary N) is 2. The normalized spacial score (nSPS) is 16.4. The number of carbonyl (C=O) groups excluding carboxylic acids is 1. The quantitative estimate of drug-likeness (QED) is 0.695. The summed E-state index contributed by atoms with van der Waals surface area (Å²) in [4.78, 5) is 23.8. The largest absolute Gasteiger partial charge is 0.478 e. The lowest BCUT2D eigenvalue weighted by Crippen LogP contribution is -2.46. The number of carboxylic acid groups (broad SMARTS) is 1. The Morgan fingerprint density at radius 2 is 1.92 bits per heavy atom. The predicted octanol–water partition coefficient (Wildman–Crippen LogP) is 3.17. The summed E-state index contributed by atoms with van der Waals surface area (Å²) in [5.74, 6) is -0.936. The first kappa shape index (κ1) is 18.2. The van der Waals surface area contributed by atoms with Gasteiger partial charge in [-0.15, -0.1) is 11.8 Å². The second kappa shape index (κ2) is 7.76. The molecule has 1 amide bonds. The standard InChI is InChI=1S/C18H17N3O3S2/c1-11-6-2-5-9-14(11)19-18(25)20-21-15(22)10-26-16(21)12-7-3-4-8-13(12)17(23)24/h2-9,16H,10H2,1H3,(H,23,24)(H2,19,20,25). The molecule has 2 aromatic rings. The highest BCUT2D eigenvalue weighted by atomic mass is 32.2. The topological polar surface area (TPSA) is 81.7 Å². The molecule has 1 unspecified atom stereocenters. The van der Waals surface area contributed by atoms with Crippen LogP contribution in [0.25, 0.3) is 0 Å². The van der Waals surface area contributed by atoms with Crippen LogP contribution in [0.15, 0.2) is 48.5 Å². The number of rotatable bonds is 4. The number of aryl methyl sites for hydroxylation is 1. The molecule has 134 valence electrons. The van der Waals surface area contributed by atoms with E-state index in [4.69, 9.17) is 12.2 Å². The van der Waals surface area contributed by atoms with Crippen LogP contribution in [0.2, 0.25) is 0 Å². The maximum absolute atomic E-state index is 12.3. The van der Waals surface area contributed by atoms with Crippen LogP contribution in [0.1, 0.15) is 26.9 Å². The zero-order valence-corrected chi connectivity index (χ0v) is 15.6. The number of hydrazine groups is 1. The predicted molar refractivity (Wildman–Crippen MR) is 106 cm³/mol. The summed E-state index contributed by atoms with van der Waals surface area (Å²) in [6, 6.07) is 14.3. The maximum Gasteiger partial charge on any atom is 0.336 e. The fourth-order valence-electron chi connectivity index (χ4n) is 2.65. The van der Waals surface area contributed by atoms with Crippen LogP contribution < -0.4 is 10.7 Å². The van der Waals surface area contributed by atoms with E-state index in [1.54, 1.807) is 18.2 Å². The van der Waals surface area contributed by atoms with E-state index in [1.807, 2.05) is 31.2 Å². The van der Waals surface area contributed by atoms with E-state index in [-0.39, 0.29) is 22.3 Å². The van der Waals surface area contributed by atoms with Gasteiger partial charge in [0.15, 0.2) is 5.11 Å². The molecule has 2 aromatic carbocycles. The van der Waals surface area contributed by atoms with Gasteiger partial charge in [0.1, 0.15) is 5.37 Å². The van der Waals surface area contributed by atoms with Crippen molar-refractivity contribution >= 4 is 46.7 Å². The number of carbonyl (C=O) groups is 2. The van der Waals surface area contributed by atoms with Crippen molar-refractivity contribution in [3.8, 4) is 0 Å². The molecule has 1 aliphatic rings. The molecule has 8 heteroatoms. The number of para-hydroxylation sites is 1. The Hall–Kier alpha value is -2.58. The summed E-state index contributed by atoms with van der Waals surface area (Å²) < 4.78 is 0. The fourth-order valence-corrected chi connectivity index (χ4v) is 4.01. The Morgan fingerprint density at radius 1 is 1.23 bits per heavy atom. The van der Waals surface area contributed by atoms with Crippen molar-refractivity contribution in [1.82, 2.24) is 10.4 Å². The number of nitrogens with zero attached hydrogens (tertiary/aromatic N) is 1. The lowest BCUT2D eigenvalue weighted by atomic mass is 10.1. The van der Waals surface area contributed by atoms with Crippen molar-refractivity contribution in [2.45, 2.75) is 12.3 Å². The van der Waals surface area contributed by atoms with Crippen LogP contribution in [0.4, 0.5) is 5.69 Å². The third kappa shape index (κ3) is 3.81. The Labute approximate surface area is 160 Å². The highest BCUT2D eigenvalue weighted by Crippen LogP contribution is 2.38. The van der Waals surface area contributed by atoms with Crippen molar-refractivity contribution in [3.05, 3.63) is 65.2 Å². The third-order valence-electron chi connectivity index (χ3n) is 3.94. The van der Waals surface area contributed by atoms with E-state index in [0.29, 0.717) is 5.56 Å². The lowest BCUT2D eigenvalue weighted by molar-refractivity contribution is -0.129. The van der Waals surface area contributed by atoms with E-state index < -0.39 is 11.3 Å². The number of benzene rings is 2. The second-order valence-corrected chi connectivity index (χ2v) is 7.18. The van der Waals surface area contributed by atoms with E-state index in [2.05, 4.69) is 10.7 Å². The van der Waals surface area contributed by atoms with Gasteiger partial charge in [-0.05, 0) is 36.8 Å². The number of thioether (sulfide) groups is 1. The van der Waals surface area contributed by atoms with Crippen molar-refractivity contribution in [2.24, 2.45) is 0 Å². The van der Waals surface area contributed by atoms with Crippen molar-refractivity contribution < 1.29 is 14.7 Å². The summed E-state index contributed by atoms with van der Waals surface area (Å²) in [6.07, 6.45) is 0. The first-order chi connectivity index (χ1) is 12.5. The number of amides is 1. The molecule has 1 atom stereocenters. The van der Waals surface area contributed by atoms with Crippen LogP contribution in [0.5, 0.6) is 0 Å². The summed E-state index contributed by atoms with van der Waals surface area (Å²) in [5, 5.41) is 13.7. The Balaban J connectivity index is 1.80. The Bertz CT molecular complexity index is 872. The van der Waals surface area contributed by atoms with Crippen LogP contribution in [-0.2, 0) is 4.79 Å². The molecular formula is C18H17N3O3S2. The van der Waals surface area contributed by atoms with Crippen LogP contribution >= 0.6 is 24.0 Å². The number of hydrogen-bond acceptors (Lipinski definition) is 4. The summed E-state index contributed by atoms with van der Waals surface area (Å²) in [7, 11) is 0. The first-order valence-electron chi connectivity index (χ1n) is 7.86. The number of carboxylic acids is 1. The van der Waals surface area contributed by atoms with Crippen LogP contribution in [0.3, 0.4) is 0 Å². The molecule has 0 saturated carbocycles. The van der Waals surface area contributed by atoms with Crippen LogP contribution in [0, 0.1) is 6.92 Å². The lowest BCUT2D eigenvalue weighted by Gasteiger charge is -2.27. The summed E-state index contributed by atoms with van der Waals surface area (Å²) in [6.45, 7) is 1.95. The molecule has 0 radical (unpaired) electrons. The maximum atomic E-state index is 12.3. The second-order valence-electron chi connectivity index (χ2n) is 5.70.